The number of rotatable bonds is 2. The zero-order chi connectivity index (χ0) is 11.6. The Morgan fingerprint density at radius 2 is 1.87 bits per heavy atom. The molecule has 2 nitrogen and oxygen atoms in total. The minimum atomic E-state index is -1.05. The second-order valence-electron chi connectivity index (χ2n) is 3.47. The van der Waals surface area contributed by atoms with Gasteiger partial charge in [0.2, 0.25) is 5.75 Å². The van der Waals surface area contributed by atoms with Crippen molar-refractivity contribution in [3.05, 3.63) is 39.6 Å². The molecule has 0 heterocycles. The maximum absolute atomic E-state index is 13.7. The van der Waals surface area contributed by atoms with Crippen molar-refractivity contribution in [2.45, 2.75) is 19.8 Å². The molecule has 0 spiro atoms. The Labute approximate surface area is 86.5 Å². The summed E-state index contributed by atoms with van der Waals surface area (Å²) in [7, 11) is 1.14. The van der Waals surface area contributed by atoms with E-state index >= 15 is 0 Å². The Balaban J connectivity index is 3.65. The molecule has 0 atom stereocenters. The van der Waals surface area contributed by atoms with E-state index in [0.29, 0.717) is 0 Å². The van der Waals surface area contributed by atoms with Crippen LogP contribution in [0.5, 0.6) is 5.75 Å². The first kappa shape index (κ1) is 11.6. The largest absolute Gasteiger partial charge is 0.490 e. The van der Waals surface area contributed by atoms with Gasteiger partial charge in [-0.05, 0) is 17.5 Å². The van der Waals surface area contributed by atoms with Crippen LogP contribution in [-0.2, 0) is 0 Å². The monoisotopic (exact) mass is 214 g/mol. The van der Waals surface area contributed by atoms with Crippen LogP contribution >= 0.6 is 0 Å². The summed E-state index contributed by atoms with van der Waals surface area (Å²) in [5.74, 6) is -2.52. The molecule has 0 radical (unpaired) electrons. The lowest BCUT2D eigenvalue weighted by Gasteiger charge is -2.05. The molecule has 15 heavy (non-hydrogen) atoms. The Morgan fingerprint density at radius 3 is 2.33 bits per heavy atom. The van der Waals surface area contributed by atoms with E-state index in [-0.39, 0.29) is 11.5 Å². The lowest BCUT2D eigenvalue weighted by Crippen LogP contribution is -2.08. The van der Waals surface area contributed by atoms with Crippen molar-refractivity contribution in [2.75, 3.05) is 7.11 Å². The molecule has 82 valence electrons. The zero-order valence-electron chi connectivity index (χ0n) is 8.80. The molecule has 0 amide bonds. The molecule has 1 aromatic carbocycles. The van der Waals surface area contributed by atoms with E-state index in [1.807, 2.05) is 0 Å². The van der Waals surface area contributed by atoms with Gasteiger partial charge in [0.15, 0.2) is 11.6 Å². The number of halogens is 2. The fourth-order valence-electron chi connectivity index (χ4n) is 1.28. The Bertz CT molecular complexity index is 428. The van der Waals surface area contributed by atoms with E-state index < -0.39 is 22.8 Å². The zero-order valence-corrected chi connectivity index (χ0v) is 8.80. The molecule has 0 bridgehead atoms. The van der Waals surface area contributed by atoms with E-state index in [9.17, 15) is 13.6 Å². The molecule has 0 aromatic heterocycles. The van der Waals surface area contributed by atoms with Crippen LogP contribution in [0.1, 0.15) is 25.3 Å². The summed E-state index contributed by atoms with van der Waals surface area (Å²) in [6.07, 6.45) is 0. The number of hydrogen-bond donors (Lipinski definition) is 0. The van der Waals surface area contributed by atoms with Gasteiger partial charge in [0, 0.05) is 0 Å². The highest BCUT2D eigenvalue weighted by atomic mass is 19.1. The van der Waals surface area contributed by atoms with E-state index in [4.69, 9.17) is 0 Å². The second kappa shape index (κ2) is 4.38. The summed E-state index contributed by atoms with van der Waals surface area (Å²) in [6, 6.07) is 2.22. The highest BCUT2D eigenvalue weighted by Gasteiger charge is 2.15. The average Bonchev–Trinajstić information content (AvgIpc) is 2.26. The fraction of sp³-hybridized carbons (Fsp3) is 0.364. The third-order valence-electron chi connectivity index (χ3n) is 2.11. The van der Waals surface area contributed by atoms with Crippen molar-refractivity contribution < 1.29 is 13.5 Å². The second-order valence-corrected chi connectivity index (χ2v) is 3.47. The summed E-state index contributed by atoms with van der Waals surface area (Å²) in [5.41, 5.74) is -0.797. The van der Waals surface area contributed by atoms with Crippen molar-refractivity contribution in [1.29, 1.82) is 0 Å². The standard InChI is InChI=1S/C11H12F2O2/c1-6(2)7-4-5-8(12)10(14)11(15-3)9(7)13/h4-6H,1-3H3. The predicted octanol–water partition coefficient (Wildman–Crippen LogP) is 2.46. The van der Waals surface area contributed by atoms with Gasteiger partial charge >= 0.3 is 0 Å². The van der Waals surface area contributed by atoms with E-state index in [1.54, 1.807) is 13.8 Å². The Morgan fingerprint density at radius 1 is 1.27 bits per heavy atom. The number of ether oxygens (including phenoxy) is 1. The molecule has 0 aliphatic heterocycles. The van der Waals surface area contributed by atoms with Gasteiger partial charge < -0.3 is 4.74 Å². The van der Waals surface area contributed by atoms with Crippen LogP contribution in [0.3, 0.4) is 0 Å². The molecule has 0 aliphatic carbocycles. The van der Waals surface area contributed by atoms with Crippen molar-refractivity contribution in [3.8, 4) is 5.75 Å². The molecule has 1 aromatic rings. The molecule has 0 fully saturated rings. The third-order valence-corrected chi connectivity index (χ3v) is 2.11. The molecule has 0 saturated carbocycles. The quantitative estimate of drug-likeness (QED) is 0.755. The van der Waals surface area contributed by atoms with E-state index in [0.717, 1.165) is 13.2 Å². The molecular weight excluding hydrogens is 202 g/mol. The summed E-state index contributed by atoms with van der Waals surface area (Å²) in [6.45, 7) is 3.50. The SMILES string of the molecule is COc1c(F)c(C(C)C)ccc(F)c1=O. The Kier molecular flexibility index (Phi) is 3.39. The van der Waals surface area contributed by atoms with Crippen LogP contribution in [0.15, 0.2) is 16.9 Å². The van der Waals surface area contributed by atoms with Gasteiger partial charge in [-0.15, -0.1) is 0 Å². The lowest BCUT2D eigenvalue weighted by atomic mass is 10.1. The molecule has 0 saturated heterocycles. The van der Waals surface area contributed by atoms with Gasteiger partial charge in [-0.1, -0.05) is 19.9 Å². The van der Waals surface area contributed by atoms with Gasteiger partial charge in [0.05, 0.1) is 7.11 Å². The summed E-state index contributed by atoms with van der Waals surface area (Å²) in [4.78, 5) is 11.3. The average molecular weight is 214 g/mol. The summed E-state index contributed by atoms with van der Waals surface area (Å²) >= 11 is 0. The normalized spacial score (nSPS) is 10.5. The Hall–Kier alpha value is -1.45. The minimum absolute atomic E-state index is 0.148. The first-order valence-corrected chi connectivity index (χ1v) is 4.55. The smallest absolute Gasteiger partial charge is 0.258 e. The van der Waals surface area contributed by atoms with Gasteiger partial charge in [-0.3, -0.25) is 4.79 Å². The fourth-order valence-corrected chi connectivity index (χ4v) is 1.28. The van der Waals surface area contributed by atoms with Crippen LogP contribution in [0.25, 0.3) is 0 Å². The van der Waals surface area contributed by atoms with Gasteiger partial charge in [-0.2, -0.15) is 0 Å². The first-order valence-electron chi connectivity index (χ1n) is 4.55. The molecular formula is C11H12F2O2. The van der Waals surface area contributed by atoms with Crippen LogP contribution in [0.4, 0.5) is 8.78 Å². The first-order chi connectivity index (χ1) is 6.99. The highest BCUT2D eigenvalue weighted by Crippen LogP contribution is 2.22. The lowest BCUT2D eigenvalue weighted by molar-refractivity contribution is 0.377. The van der Waals surface area contributed by atoms with Crippen molar-refractivity contribution in [1.82, 2.24) is 0 Å². The molecule has 0 N–H and O–H groups in total. The van der Waals surface area contributed by atoms with Crippen LogP contribution in [0, 0.1) is 11.6 Å². The third kappa shape index (κ3) is 2.14. The van der Waals surface area contributed by atoms with Crippen LogP contribution in [0.2, 0.25) is 0 Å². The van der Waals surface area contributed by atoms with E-state index in [2.05, 4.69) is 4.74 Å². The van der Waals surface area contributed by atoms with Crippen molar-refractivity contribution in [3.63, 3.8) is 0 Å². The van der Waals surface area contributed by atoms with E-state index in [1.165, 1.54) is 6.07 Å². The summed E-state index contributed by atoms with van der Waals surface area (Å²) < 4.78 is 31.4. The maximum atomic E-state index is 13.7. The number of methoxy groups -OCH3 is 1. The molecule has 4 heteroatoms. The highest BCUT2D eigenvalue weighted by molar-refractivity contribution is 5.31. The van der Waals surface area contributed by atoms with Crippen molar-refractivity contribution in [2.24, 2.45) is 0 Å². The van der Waals surface area contributed by atoms with Crippen LogP contribution < -0.4 is 10.2 Å². The topological polar surface area (TPSA) is 26.3 Å². The molecule has 0 aliphatic rings. The van der Waals surface area contributed by atoms with Crippen LogP contribution in [-0.4, -0.2) is 7.11 Å². The maximum Gasteiger partial charge on any atom is 0.258 e. The summed E-state index contributed by atoms with van der Waals surface area (Å²) in [5, 5.41) is 0. The molecule has 0 unspecified atom stereocenters. The predicted molar refractivity (Wildman–Crippen MR) is 53.3 cm³/mol. The molecule has 1 rings (SSSR count). The number of hydrogen-bond acceptors (Lipinski definition) is 2. The van der Waals surface area contributed by atoms with Crippen molar-refractivity contribution >= 4 is 0 Å². The van der Waals surface area contributed by atoms with Gasteiger partial charge in [-0.25, -0.2) is 8.78 Å². The van der Waals surface area contributed by atoms with Gasteiger partial charge in [0.25, 0.3) is 5.43 Å². The van der Waals surface area contributed by atoms with Gasteiger partial charge in [0.1, 0.15) is 0 Å². The minimum Gasteiger partial charge on any atom is -0.490 e.